The van der Waals surface area contributed by atoms with Gasteiger partial charge in [0, 0.05) is 17.8 Å². The molecule has 8 heteroatoms. The number of hydrogen-bond donors (Lipinski definition) is 2. The summed E-state index contributed by atoms with van der Waals surface area (Å²) in [6.07, 6.45) is 0. The molecular formula is C19H21N3O5. The Hall–Kier alpha value is -3.42. The van der Waals surface area contributed by atoms with Crippen LogP contribution < -0.4 is 29.7 Å². The van der Waals surface area contributed by atoms with Gasteiger partial charge in [0.1, 0.15) is 0 Å². The molecule has 2 aromatic rings. The number of carbonyl (C=O) groups excluding carboxylic acids is 2. The first kappa shape index (κ1) is 18.4. The van der Waals surface area contributed by atoms with Gasteiger partial charge < -0.3 is 29.7 Å². The molecule has 0 unspecified atom stereocenters. The highest BCUT2D eigenvalue weighted by Crippen LogP contribution is 2.40. The Kier molecular flexibility index (Phi) is 5.35. The normalized spacial score (nSPS) is 12.7. The van der Waals surface area contributed by atoms with E-state index in [2.05, 4.69) is 10.6 Å². The molecule has 8 nitrogen and oxygen atoms in total. The highest BCUT2D eigenvalue weighted by atomic mass is 16.5. The first-order chi connectivity index (χ1) is 13.0. The molecule has 0 bridgehead atoms. The largest absolute Gasteiger partial charge is 0.493 e. The first-order valence-corrected chi connectivity index (χ1v) is 8.29. The number of nitrogens with one attached hydrogen (secondary N) is 2. The van der Waals surface area contributed by atoms with Gasteiger partial charge in [-0.3, -0.25) is 9.59 Å². The molecule has 27 heavy (non-hydrogen) atoms. The highest BCUT2D eigenvalue weighted by molar-refractivity contribution is 6.03. The van der Waals surface area contributed by atoms with Crippen molar-refractivity contribution < 1.29 is 23.8 Å². The summed E-state index contributed by atoms with van der Waals surface area (Å²) in [7, 11) is 4.52. The molecule has 1 heterocycles. The molecule has 0 aromatic heterocycles. The lowest BCUT2D eigenvalue weighted by Gasteiger charge is -2.30. The molecule has 142 valence electrons. The lowest BCUT2D eigenvalue weighted by Crippen LogP contribution is -2.42. The number of ether oxygens (including phenoxy) is 3. The van der Waals surface area contributed by atoms with Crippen LogP contribution in [0.5, 0.6) is 17.2 Å². The second-order valence-corrected chi connectivity index (χ2v) is 5.88. The van der Waals surface area contributed by atoms with Crippen molar-refractivity contribution >= 4 is 28.9 Å². The Morgan fingerprint density at radius 3 is 2.41 bits per heavy atom. The molecule has 0 saturated heterocycles. The summed E-state index contributed by atoms with van der Waals surface area (Å²) in [6.45, 7) is 0.140. The van der Waals surface area contributed by atoms with E-state index in [9.17, 15) is 9.59 Å². The van der Waals surface area contributed by atoms with Crippen LogP contribution in [0.4, 0.5) is 17.1 Å². The number of methoxy groups -OCH3 is 3. The maximum atomic E-state index is 12.6. The van der Waals surface area contributed by atoms with Gasteiger partial charge in [-0.15, -0.1) is 0 Å². The minimum atomic E-state index is -0.270. The van der Waals surface area contributed by atoms with Gasteiger partial charge in [0.25, 0.3) is 0 Å². The van der Waals surface area contributed by atoms with Gasteiger partial charge in [0.2, 0.25) is 17.6 Å². The molecule has 0 radical (unpaired) electrons. The van der Waals surface area contributed by atoms with Crippen LogP contribution >= 0.6 is 0 Å². The van der Waals surface area contributed by atoms with Gasteiger partial charge >= 0.3 is 0 Å². The zero-order valence-electron chi connectivity index (χ0n) is 15.4. The van der Waals surface area contributed by atoms with Crippen LogP contribution in [-0.2, 0) is 9.59 Å². The van der Waals surface area contributed by atoms with Crippen molar-refractivity contribution in [3.8, 4) is 17.2 Å². The quantitative estimate of drug-likeness (QED) is 0.809. The number of amides is 2. The summed E-state index contributed by atoms with van der Waals surface area (Å²) in [5, 5.41) is 5.60. The highest BCUT2D eigenvalue weighted by Gasteiger charge is 2.23. The predicted octanol–water partition coefficient (Wildman–Crippen LogP) is 2.11. The summed E-state index contributed by atoms with van der Waals surface area (Å²) >= 11 is 0. The summed E-state index contributed by atoms with van der Waals surface area (Å²) in [4.78, 5) is 26.2. The van der Waals surface area contributed by atoms with Crippen LogP contribution in [0, 0.1) is 0 Å². The summed E-state index contributed by atoms with van der Waals surface area (Å²) in [5.41, 5.74) is 2.00. The summed E-state index contributed by atoms with van der Waals surface area (Å²) in [5.74, 6) is 0.896. The minimum absolute atomic E-state index is 0.0289. The molecule has 0 fully saturated rings. The van der Waals surface area contributed by atoms with Crippen molar-refractivity contribution in [2.75, 3.05) is 50.0 Å². The molecule has 2 aromatic carbocycles. The van der Waals surface area contributed by atoms with Gasteiger partial charge in [-0.05, 0) is 12.1 Å². The topological polar surface area (TPSA) is 89.1 Å². The Balaban J connectivity index is 1.78. The smallest absolute Gasteiger partial charge is 0.243 e. The van der Waals surface area contributed by atoms with Gasteiger partial charge in [-0.2, -0.15) is 0 Å². The second kappa shape index (κ2) is 7.86. The molecule has 0 atom stereocenters. The lowest BCUT2D eigenvalue weighted by molar-refractivity contribution is -0.115. The van der Waals surface area contributed by atoms with Crippen molar-refractivity contribution in [2.24, 2.45) is 0 Å². The van der Waals surface area contributed by atoms with E-state index in [1.54, 1.807) is 23.1 Å². The van der Waals surface area contributed by atoms with Crippen LogP contribution in [0.25, 0.3) is 0 Å². The predicted molar refractivity (Wildman–Crippen MR) is 102 cm³/mol. The van der Waals surface area contributed by atoms with Gasteiger partial charge in [-0.1, -0.05) is 12.1 Å². The van der Waals surface area contributed by atoms with E-state index in [1.807, 2.05) is 18.2 Å². The van der Waals surface area contributed by atoms with E-state index in [0.29, 0.717) is 28.6 Å². The average molecular weight is 371 g/mol. The van der Waals surface area contributed by atoms with Gasteiger partial charge in [0.05, 0.1) is 45.8 Å². The van der Waals surface area contributed by atoms with E-state index >= 15 is 0 Å². The first-order valence-electron chi connectivity index (χ1n) is 8.29. The number of fused-ring (bicyclic) bond motifs is 1. The van der Waals surface area contributed by atoms with E-state index in [1.165, 1.54) is 21.3 Å². The summed E-state index contributed by atoms with van der Waals surface area (Å²) in [6, 6.07) is 10.7. The van der Waals surface area contributed by atoms with Crippen LogP contribution in [0.2, 0.25) is 0 Å². The van der Waals surface area contributed by atoms with E-state index in [4.69, 9.17) is 14.2 Å². The second-order valence-electron chi connectivity index (χ2n) is 5.88. The van der Waals surface area contributed by atoms with Crippen LogP contribution in [0.15, 0.2) is 36.4 Å². The molecule has 0 aliphatic carbocycles. The molecule has 0 saturated carbocycles. The van der Waals surface area contributed by atoms with E-state index < -0.39 is 0 Å². The number of hydrogen-bond acceptors (Lipinski definition) is 6. The lowest BCUT2D eigenvalue weighted by atomic mass is 10.2. The fraction of sp³-hybridized carbons (Fsp3) is 0.263. The fourth-order valence-corrected chi connectivity index (χ4v) is 2.97. The van der Waals surface area contributed by atoms with Crippen LogP contribution in [0.3, 0.4) is 0 Å². The Bertz CT molecular complexity index is 843. The van der Waals surface area contributed by atoms with Crippen molar-refractivity contribution in [3.63, 3.8) is 0 Å². The van der Waals surface area contributed by atoms with Crippen molar-refractivity contribution in [3.05, 3.63) is 36.4 Å². The average Bonchev–Trinajstić information content (AvgIpc) is 2.66. The zero-order chi connectivity index (χ0) is 19.4. The van der Waals surface area contributed by atoms with Crippen molar-refractivity contribution in [1.29, 1.82) is 0 Å². The molecular weight excluding hydrogens is 350 g/mol. The Morgan fingerprint density at radius 2 is 1.78 bits per heavy atom. The van der Waals surface area contributed by atoms with E-state index in [0.717, 1.165) is 5.69 Å². The molecule has 3 rings (SSSR count). The Labute approximate surface area is 157 Å². The maximum Gasteiger partial charge on any atom is 0.243 e. The number of carbonyl (C=O) groups is 2. The van der Waals surface area contributed by atoms with Crippen LogP contribution in [-0.4, -0.2) is 46.2 Å². The van der Waals surface area contributed by atoms with Crippen molar-refractivity contribution in [2.45, 2.75) is 0 Å². The standard InChI is InChI=1S/C19H21N3O5/c1-25-15-8-12(9-16(26-2)19(15)27-3)20-17(23)10-22-11-18(24)21-13-6-4-5-7-14(13)22/h4-9H,10-11H2,1-3H3,(H,20,23)(H,21,24). The zero-order valence-corrected chi connectivity index (χ0v) is 15.4. The maximum absolute atomic E-state index is 12.6. The number of nitrogens with zero attached hydrogens (tertiary/aromatic N) is 1. The van der Waals surface area contributed by atoms with Crippen molar-refractivity contribution in [1.82, 2.24) is 0 Å². The Morgan fingerprint density at radius 1 is 1.11 bits per heavy atom. The molecule has 2 N–H and O–H groups in total. The SMILES string of the molecule is COc1cc(NC(=O)CN2CC(=O)Nc3ccccc32)cc(OC)c1OC. The third-order valence-corrected chi connectivity index (χ3v) is 4.14. The fourth-order valence-electron chi connectivity index (χ4n) is 2.97. The molecule has 1 aliphatic heterocycles. The van der Waals surface area contributed by atoms with Gasteiger partial charge in [-0.25, -0.2) is 0 Å². The van der Waals surface area contributed by atoms with E-state index in [-0.39, 0.29) is 24.9 Å². The van der Waals surface area contributed by atoms with Crippen LogP contribution in [0.1, 0.15) is 0 Å². The van der Waals surface area contributed by atoms with Gasteiger partial charge in [0.15, 0.2) is 11.5 Å². The third kappa shape index (κ3) is 3.89. The number of rotatable bonds is 6. The number of anilines is 3. The minimum Gasteiger partial charge on any atom is -0.493 e. The number of benzene rings is 2. The summed E-state index contributed by atoms with van der Waals surface area (Å²) < 4.78 is 15.9. The molecule has 0 spiro atoms. The number of para-hydroxylation sites is 2. The molecule has 1 aliphatic rings. The molecule has 2 amide bonds. The monoisotopic (exact) mass is 371 g/mol. The third-order valence-electron chi connectivity index (χ3n) is 4.14.